The minimum Gasteiger partial charge on any atom is -0.383 e. The van der Waals surface area contributed by atoms with Crippen molar-refractivity contribution < 1.29 is 18.8 Å². The predicted molar refractivity (Wildman–Crippen MR) is 89.1 cm³/mol. The molecule has 3 heterocycles. The fourth-order valence-corrected chi connectivity index (χ4v) is 4.11. The van der Waals surface area contributed by atoms with E-state index in [4.69, 9.17) is 9.26 Å². The molecule has 0 radical (unpaired) electrons. The Morgan fingerprint density at radius 2 is 2.24 bits per heavy atom. The molecule has 0 unspecified atom stereocenters. The Morgan fingerprint density at radius 1 is 1.40 bits per heavy atom. The molecule has 3 aliphatic rings. The molecular weight excluding hydrogens is 322 g/mol. The fraction of sp³-hybridized carbons (Fsp3) is 0.722. The Labute approximate surface area is 147 Å². The fourth-order valence-electron chi connectivity index (χ4n) is 4.11. The van der Waals surface area contributed by atoms with Crippen LogP contribution >= 0.6 is 0 Å². The van der Waals surface area contributed by atoms with Crippen LogP contribution in [-0.4, -0.2) is 66.7 Å². The van der Waals surface area contributed by atoms with E-state index in [-0.39, 0.29) is 11.8 Å². The highest BCUT2D eigenvalue weighted by Gasteiger charge is 2.49. The van der Waals surface area contributed by atoms with Gasteiger partial charge in [-0.05, 0) is 32.1 Å². The zero-order valence-electron chi connectivity index (χ0n) is 14.7. The molecule has 7 nitrogen and oxygen atoms in total. The summed E-state index contributed by atoms with van der Waals surface area (Å²) in [6, 6.07) is 1.78. The minimum atomic E-state index is -0.430. The highest BCUT2D eigenvalue weighted by molar-refractivity contribution is 5.93. The number of hydrogen-bond donors (Lipinski definition) is 0. The van der Waals surface area contributed by atoms with Crippen LogP contribution in [0, 0.1) is 5.41 Å². The van der Waals surface area contributed by atoms with Gasteiger partial charge in [-0.15, -0.1) is 0 Å². The van der Waals surface area contributed by atoms with E-state index in [9.17, 15) is 9.59 Å². The number of likely N-dealkylation sites (tertiary alicyclic amines) is 2. The standard InChI is InChI=1S/C18H25N3O4/c1-24-10-9-20-7-2-5-18(17(20)23)6-8-21(12-18)16(22)15-11-14(19-25-15)13-3-4-13/h11,13H,2-10,12H2,1H3/t18-/m1/s1. The van der Waals surface area contributed by atoms with Crippen molar-refractivity contribution in [1.29, 1.82) is 0 Å². The van der Waals surface area contributed by atoms with Gasteiger partial charge in [0.1, 0.15) is 0 Å². The van der Waals surface area contributed by atoms with Gasteiger partial charge in [0.2, 0.25) is 11.7 Å². The first-order valence-corrected chi connectivity index (χ1v) is 9.17. The Bertz CT molecular complexity index is 669. The highest BCUT2D eigenvalue weighted by Crippen LogP contribution is 2.41. The molecule has 1 spiro atoms. The quantitative estimate of drug-likeness (QED) is 0.809. The third-order valence-corrected chi connectivity index (χ3v) is 5.77. The van der Waals surface area contributed by atoms with Crippen molar-refractivity contribution in [2.24, 2.45) is 5.41 Å². The molecular formula is C18H25N3O4. The van der Waals surface area contributed by atoms with Gasteiger partial charge in [0, 0.05) is 45.3 Å². The maximum absolute atomic E-state index is 13.0. The molecule has 7 heteroatoms. The van der Waals surface area contributed by atoms with Crippen molar-refractivity contribution >= 4 is 11.8 Å². The summed E-state index contributed by atoms with van der Waals surface area (Å²) in [5.74, 6) is 0.795. The Hall–Kier alpha value is -1.89. The lowest BCUT2D eigenvalue weighted by Gasteiger charge is -2.39. The number of piperidine rings is 1. The molecule has 1 aliphatic carbocycles. The van der Waals surface area contributed by atoms with E-state index < -0.39 is 5.41 Å². The van der Waals surface area contributed by atoms with Crippen LogP contribution in [0.2, 0.25) is 0 Å². The molecule has 1 aromatic rings. The normalized spacial score (nSPS) is 26.7. The first-order valence-electron chi connectivity index (χ1n) is 9.17. The van der Waals surface area contributed by atoms with Crippen LogP contribution in [0.1, 0.15) is 54.3 Å². The number of carbonyl (C=O) groups is 2. The molecule has 0 N–H and O–H groups in total. The molecule has 1 aromatic heterocycles. The van der Waals surface area contributed by atoms with E-state index in [1.807, 2.05) is 4.90 Å². The van der Waals surface area contributed by atoms with Gasteiger partial charge in [-0.3, -0.25) is 9.59 Å². The van der Waals surface area contributed by atoms with Crippen LogP contribution in [0.5, 0.6) is 0 Å². The van der Waals surface area contributed by atoms with Crippen LogP contribution in [0.4, 0.5) is 0 Å². The molecule has 0 aromatic carbocycles. The summed E-state index contributed by atoms with van der Waals surface area (Å²) in [5, 5.41) is 4.02. The number of rotatable bonds is 5. The second-order valence-electron chi connectivity index (χ2n) is 7.54. The van der Waals surface area contributed by atoms with Crippen molar-refractivity contribution in [3.63, 3.8) is 0 Å². The number of hydrogen-bond acceptors (Lipinski definition) is 5. The summed E-state index contributed by atoms with van der Waals surface area (Å²) >= 11 is 0. The van der Waals surface area contributed by atoms with Gasteiger partial charge in [0.25, 0.3) is 5.91 Å². The van der Waals surface area contributed by atoms with E-state index in [1.54, 1.807) is 18.1 Å². The largest absolute Gasteiger partial charge is 0.383 e. The average Bonchev–Trinajstić information content (AvgIpc) is 3.20. The first kappa shape index (κ1) is 16.6. The number of ether oxygens (including phenoxy) is 1. The zero-order chi connectivity index (χ0) is 17.4. The monoisotopic (exact) mass is 347 g/mol. The lowest BCUT2D eigenvalue weighted by Crippen LogP contribution is -2.51. The third-order valence-electron chi connectivity index (χ3n) is 5.77. The summed E-state index contributed by atoms with van der Waals surface area (Å²) in [7, 11) is 1.65. The summed E-state index contributed by atoms with van der Waals surface area (Å²) in [5.41, 5.74) is 0.456. The van der Waals surface area contributed by atoms with Gasteiger partial charge in [-0.1, -0.05) is 5.16 Å². The molecule has 136 valence electrons. The van der Waals surface area contributed by atoms with Gasteiger partial charge >= 0.3 is 0 Å². The van der Waals surface area contributed by atoms with Crippen LogP contribution in [0.3, 0.4) is 0 Å². The van der Waals surface area contributed by atoms with Crippen molar-refractivity contribution in [3.05, 3.63) is 17.5 Å². The number of aromatic nitrogens is 1. The van der Waals surface area contributed by atoms with E-state index in [0.717, 1.165) is 44.3 Å². The zero-order valence-corrected chi connectivity index (χ0v) is 14.7. The van der Waals surface area contributed by atoms with Crippen LogP contribution in [0.15, 0.2) is 10.6 Å². The van der Waals surface area contributed by atoms with Crippen molar-refractivity contribution in [1.82, 2.24) is 15.0 Å². The smallest absolute Gasteiger partial charge is 0.292 e. The molecule has 2 saturated heterocycles. The third kappa shape index (κ3) is 3.05. The minimum absolute atomic E-state index is 0.141. The molecule has 3 fully saturated rings. The second kappa shape index (κ2) is 6.44. The first-order chi connectivity index (χ1) is 12.1. The predicted octanol–water partition coefficient (Wildman–Crippen LogP) is 1.65. The van der Waals surface area contributed by atoms with Crippen molar-refractivity contribution in [2.75, 3.05) is 39.9 Å². The Balaban J connectivity index is 1.44. The summed E-state index contributed by atoms with van der Waals surface area (Å²) in [6.45, 7) is 3.03. The van der Waals surface area contributed by atoms with Crippen LogP contribution in [-0.2, 0) is 9.53 Å². The van der Waals surface area contributed by atoms with Crippen molar-refractivity contribution in [3.8, 4) is 0 Å². The maximum atomic E-state index is 13.0. The van der Waals surface area contributed by atoms with Crippen molar-refractivity contribution in [2.45, 2.75) is 38.0 Å². The number of methoxy groups -OCH3 is 1. The molecule has 0 bridgehead atoms. The summed E-state index contributed by atoms with van der Waals surface area (Å²) in [6.07, 6.45) is 4.80. The summed E-state index contributed by atoms with van der Waals surface area (Å²) < 4.78 is 10.4. The lowest BCUT2D eigenvalue weighted by atomic mass is 9.78. The lowest BCUT2D eigenvalue weighted by molar-refractivity contribution is -0.146. The molecule has 2 aliphatic heterocycles. The van der Waals surface area contributed by atoms with Gasteiger partial charge in [-0.2, -0.15) is 0 Å². The van der Waals surface area contributed by atoms with Gasteiger partial charge < -0.3 is 19.1 Å². The van der Waals surface area contributed by atoms with E-state index in [2.05, 4.69) is 5.16 Å². The van der Waals surface area contributed by atoms with E-state index >= 15 is 0 Å². The van der Waals surface area contributed by atoms with E-state index in [0.29, 0.717) is 37.9 Å². The van der Waals surface area contributed by atoms with Gasteiger partial charge in [0.15, 0.2) is 0 Å². The Kier molecular flexibility index (Phi) is 4.27. The Morgan fingerprint density at radius 3 is 3.00 bits per heavy atom. The molecule has 2 amide bonds. The number of amides is 2. The maximum Gasteiger partial charge on any atom is 0.292 e. The molecule has 25 heavy (non-hydrogen) atoms. The summed E-state index contributed by atoms with van der Waals surface area (Å²) in [4.78, 5) is 29.3. The second-order valence-corrected chi connectivity index (χ2v) is 7.54. The van der Waals surface area contributed by atoms with Gasteiger partial charge in [-0.25, -0.2) is 0 Å². The molecule has 1 saturated carbocycles. The number of nitrogens with zero attached hydrogens (tertiary/aromatic N) is 3. The van der Waals surface area contributed by atoms with Crippen LogP contribution in [0.25, 0.3) is 0 Å². The number of carbonyl (C=O) groups excluding carboxylic acids is 2. The topological polar surface area (TPSA) is 75.9 Å². The molecule has 1 atom stereocenters. The van der Waals surface area contributed by atoms with Gasteiger partial charge in [0.05, 0.1) is 17.7 Å². The molecule has 4 rings (SSSR count). The average molecular weight is 347 g/mol. The van der Waals surface area contributed by atoms with Crippen LogP contribution < -0.4 is 0 Å². The SMILES string of the molecule is COCCN1CCC[C@]2(CCN(C(=O)c3cc(C4CC4)no3)C2)C1=O. The van der Waals surface area contributed by atoms with E-state index in [1.165, 1.54) is 0 Å². The highest BCUT2D eigenvalue weighted by atomic mass is 16.5.